The lowest BCUT2D eigenvalue weighted by Crippen LogP contribution is -2.29. The third-order valence-corrected chi connectivity index (χ3v) is 2.59. The van der Waals surface area contributed by atoms with Crippen molar-refractivity contribution in [1.29, 1.82) is 0 Å². The molecule has 1 atom stereocenters. The zero-order valence-corrected chi connectivity index (χ0v) is 9.66. The fourth-order valence-electron chi connectivity index (χ4n) is 1.63. The Morgan fingerprint density at radius 2 is 2.31 bits per heavy atom. The first kappa shape index (κ1) is 10.8. The van der Waals surface area contributed by atoms with Crippen LogP contribution in [0.5, 0.6) is 0 Å². The minimum absolute atomic E-state index is 0.139. The molecule has 2 aliphatic rings. The van der Waals surface area contributed by atoms with E-state index >= 15 is 0 Å². The van der Waals surface area contributed by atoms with E-state index in [9.17, 15) is 0 Å². The maximum absolute atomic E-state index is 5.76. The van der Waals surface area contributed by atoms with E-state index in [0.717, 1.165) is 24.3 Å². The number of hydrogen-bond acceptors (Lipinski definition) is 4. The van der Waals surface area contributed by atoms with Crippen LogP contribution >= 0.6 is 0 Å². The van der Waals surface area contributed by atoms with E-state index in [1.165, 1.54) is 5.70 Å². The molecule has 1 heterocycles. The number of nitrogens with zero attached hydrogens (tertiary/aromatic N) is 1. The number of ether oxygens (including phenoxy) is 1. The monoisotopic (exact) mass is 219 g/mol. The number of hydrazone groups is 1. The average Bonchev–Trinajstić information content (AvgIpc) is 2.33. The second kappa shape index (κ2) is 4.88. The summed E-state index contributed by atoms with van der Waals surface area (Å²) in [5, 5.41) is 7.25. The van der Waals surface area contributed by atoms with Gasteiger partial charge in [-0.15, -0.1) is 0 Å². The van der Waals surface area contributed by atoms with Crippen molar-refractivity contribution in [2.75, 3.05) is 7.05 Å². The van der Waals surface area contributed by atoms with Gasteiger partial charge in [0, 0.05) is 19.2 Å². The summed E-state index contributed by atoms with van der Waals surface area (Å²) in [5.41, 5.74) is 5.15. The topological polar surface area (TPSA) is 45.6 Å². The lowest BCUT2D eigenvalue weighted by molar-refractivity contribution is 0.118. The minimum atomic E-state index is -0.139. The molecule has 0 spiro atoms. The SMILES string of the molecule is CNC1=CC=C(OC2C=CC(C)=NN2)CC1. The van der Waals surface area contributed by atoms with Crippen molar-refractivity contribution in [1.82, 2.24) is 10.7 Å². The summed E-state index contributed by atoms with van der Waals surface area (Å²) >= 11 is 0. The predicted molar refractivity (Wildman–Crippen MR) is 64.7 cm³/mol. The van der Waals surface area contributed by atoms with Crippen LogP contribution in [-0.2, 0) is 4.74 Å². The number of nitrogens with one attached hydrogen (secondary N) is 2. The smallest absolute Gasteiger partial charge is 0.203 e. The van der Waals surface area contributed by atoms with Crippen LogP contribution in [-0.4, -0.2) is 19.0 Å². The molecule has 0 aromatic carbocycles. The quantitative estimate of drug-likeness (QED) is 0.758. The van der Waals surface area contributed by atoms with Gasteiger partial charge in [0.15, 0.2) is 0 Å². The third-order valence-electron chi connectivity index (χ3n) is 2.59. The van der Waals surface area contributed by atoms with Crippen molar-refractivity contribution in [2.45, 2.75) is 26.0 Å². The molecule has 1 aliphatic heterocycles. The van der Waals surface area contributed by atoms with Crippen LogP contribution in [0.1, 0.15) is 19.8 Å². The van der Waals surface area contributed by atoms with E-state index in [-0.39, 0.29) is 6.23 Å². The predicted octanol–water partition coefficient (Wildman–Crippen LogP) is 1.65. The number of hydrogen-bond donors (Lipinski definition) is 2. The first-order valence-corrected chi connectivity index (χ1v) is 5.50. The Labute approximate surface area is 95.8 Å². The molecule has 2 rings (SSSR count). The summed E-state index contributed by atoms with van der Waals surface area (Å²) < 4.78 is 5.76. The van der Waals surface area contributed by atoms with Gasteiger partial charge < -0.3 is 10.1 Å². The van der Waals surface area contributed by atoms with Crippen LogP contribution in [0, 0.1) is 0 Å². The molecule has 0 saturated carbocycles. The van der Waals surface area contributed by atoms with Crippen molar-refractivity contribution in [3.05, 3.63) is 35.8 Å². The Balaban J connectivity index is 1.90. The molecule has 1 unspecified atom stereocenters. The van der Waals surface area contributed by atoms with Crippen LogP contribution in [0.3, 0.4) is 0 Å². The zero-order valence-electron chi connectivity index (χ0n) is 9.66. The van der Waals surface area contributed by atoms with Gasteiger partial charge in [-0.25, -0.2) is 0 Å². The van der Waals surface area contributed by atoms with E-state index in [0.29, 0.717) is 0 Å². The fraction of sp³-hybridized carbons (Fsp3) is 0.417. The van der Waals surface area contributed by atoms with Crippen molar-refractivity contribution >= 4 is 5.71 Å². The van der Waals surface area contributed by atoms with Gasteiger partial charge in [0.1, 0.15) is 0 Å². The van der Waals surface area contributed by atoms with Gasteiger partial charge in [-0.2, -0.15) is 5.10 Å². The first-order chi connectivity index (χ1) is 7.78. The Kier molecular flexibility index (Phi) is 3.29. The molecule has 2 N–H and O–H groups in total. The van der Waals surface area contributed by atoms with Gasteiger partial charge in [0.25, 0.3) is 0 Å². The highest BCUT2D eigenvalue weighted by Gasteiger charge is 2.12. The molecule has 0 bridgehead atoms. The average molecular weight is 219 g/mol. The molecule has 1 aliphatic carbocycles. The summed E-state index contributed by atoms with van der Waals surface area (Å²) in [7, 11) is 1.94. The second-order valence-electron chi connectivity index (χ2n) is 3.85. The molecule has 0 fully saturated rings. The molecule has 0 amide bonds. The fourth-order valence-corrected chi connectivity index (χ4v) is 1.63. The van der Waals surface area contributed by atoms with Gasteiger partial charge in [0.05, 0.1) is 11.5 Å². The lowest BCUT2D eigenvalue weighted by Gasteiger charge is -2.22. The highest BCUT2D eigenvalue weighted by molar-refractivity contribution is 5.93. The van der Waals surface area contributed by atoms with E-state index in [1.807, 2.05) is 32.2 Å². The molecular formula is C12H17N3O. The van der Waals surface area contributed by atoms with Crippen LogP contribution in [0.4, 0.5) is 0 Å². The Morgan fingerprint density at radius 1 is 1.44 bits per heavy atom. The van der Waals surface area contributed by atoms with Crippen molar-refractivity contribution in [3.8, 4) is 0 Å². The Hall–Kier alpha value is -1.71. The molecule has 4 nitrogen and oxygen atoms in total. The Morgan fingerprint density at radius 3 is 2.88 bits per heavy atom. The summed E-state index contributed by atoms with van der Waals surface area (Å²) in [6, 6.07) is 0. The van der Waals surface area contributed by atoms with Gasteiger partial charge in [0.2, 0.25) is 6.23 Å². The maximum atomic E-state index is 5.76. The molecule has 0 saturated heterocycles. The molecular weight excluding hydrogens is 202 g/mol. The summed E-state index contributed by atoms with van der Waals surface area (Å²) in [4.78, 5) is 0. The zero-order chi connectivity index (χ0) is 11.4. The van der Waals surface area contributed by atoms with Crippen LogP contribution in [0.15, 0.2) is 40.9 Å². The van der Waals surface area contributed by atoms with E-state index in [4.69, 9.17) is 4.74 Å². The highest BCUT2D eigenvalue weighted by Crippen LogP contribution is 2.18. The minimum Gasteiger partial charge on any atom is -0.470 e. The van der Waals surface area contributed by atoms with Crippen LogP contribution in [0.2, 0.25) is 0 Å². The van der Waals surface area contributed by atoms with E-state index in [2.05, 4.69) is 21.9 Å². The summed E-state index contributed by atoms with van der Waals surface area (Å²) in [5.74, 6) is 0.996. The van der Waals surface area contributed by atoms with Crippen molar-refractivity contribution < 1.29 is 4.74 Å². The van der Waals surface area contributed by atoms with Crippen molar-refractivity contribution in [2.24, 2.45) is 5.10 Å². The van der Waals surface area contributed by atoms with Gasteiger partial charge >= 0.3 is 0 Å². The van der Waals surface area contributed by atoms with Gasteiger partial charge in [-0.05, 0) is 37.6 Å². The highest BCUT2D eigenvalue weighted by atomic mass is 16.5. The summed E-state index contributed by atoms with van der Waals surface area (Å²) in [6.07, 6.45) is 9.79. The molecule has 86 valence electrons. The largest absolute Gasteiger partial charge is 0.470 e. The second-order valence-corrected chi connectivity index (χ2v) is 3.85. The molecule has 4 heteroatoms. The molecule has 16 heavy (non-hydrogen) atoms. The Bertz CT molecular complexity index is 380. The molecule has 0 aromatic heterocycles. The van der Waals surface area contributed by atoms with Crippen LogP contribution in [0.25, 0.3) is 0 Å². The maximum Gasteiger partial charge on any atom is 0.203 e. The third kappa shape index (κ3) is 2.66. The van der Waals surface area contributed by atoms with E-state index in [1.54, 1.807) is 0 Å². The standard InChI is InChI=1S/C12H17N3O/c1-9-3-8-12(15-14-9)16-11-6-4-10(13-2)5-7-11/h3-4,6,8,12-13,15H,5,7H2,1-2H3. The lowest BCUT2D eigenvalue weighted by atomic mass is 10.1. The number of allylic oxidation sites excluding steroid dienone is 5. The summed E-state index contributed by atoms with van der Waals surface area (Å²) in [6.45, 7) is 1.95. The number of rotatable bonds is 3. The molecule has 0 aromatic rings. The van der Waals surface area contributed by atoms with Gasteiger partial charge in [-0.1, -0.05) is 0 Å². The van der Waals surface area contributed by atoms with Gasteiger partial charge in [-0.3, -0.25) is 5.43 Å². The van der Waals surface area contributed by atoms with Crippen molar-refractivity contribution in [3.63, 3.8) is 0 Å². The normalized spacial score (nSPS) is 23.9. The first-order valence-electron chi connectivity index (χ1n) is 5.50. The molecule has 0 radical (unpaired) electrons. The van der Waals surface area contributed by atoms with E-state index < -0.39 is 0 Å². The van der Waals surface area contributed by atoms with Crippen LogP contribution < -0.4 is 10.7 Å².